The molecule has 0 saturated carbocycles. The molecule has 0 atom stereocenters. The Morgan fingerprint density at radius 2 is 2.19 bits per heavy atom. The normalized spacial score (nSPS) is 15.5. The number of carbonyl (C=O) groups excluding carboxylic acids is 1. The fraction of sp³-hybridized carbons (Fsp3) is 0.667. The maximum atomic E-state index is 11.9. The number of likely N-dealkylation sites (tertiary alicyclic amines) is 1. The molecule has 8 nitrogen and oxygen atoms in total. The van der Waals surface area contributed by atoms with Crippen LogP contribution < -0.4 is 10.6 Å². The van der Waals surface area contributed by atoms with Crippen LogP contribution in [0.1, 0.15) is 33.0 Å². The van der Waals surface area contributed by atoms with Crippen LogP contribution in [0.15, 0.2) is 27.8 Å². The van der Waals surface area contributed by atoms with E-state index in [1.807, 2.05) is 32.9 Å². The lowest BCUT2D eigenvalue weighted by Crippen LogP contribution is -2.63. The molecule has 1 aromatic heterocycles. The van der Waals surface area contributed by atoms with Gasteiger partial charge in [-0.15, -0.1) is 0 Å². The van der Waals surface area contributed by atoms with E-state index in [0.29, 0.717) is 26.3 Å². The Morgan fingerprint density at radius 1 is 1.42 bits per heavy atom. The number of hydrogen-bond donors (Lipinski definition) is 2. The average Bonchev–Trinajstić information content (AvgIpc) is 3.03. The zero-order valence-corrected chi connectivity index (χ0v) is 16.1. The van der Waals surface area contributed by atoms with Crippen LogP contribution in [-0.2, 0) is 16.1 Å². The largest absolute Gasteiger partial charge is 0.467 e. The smallest absolute Gasteiger partial charge is 0.410 e. The predicted molar refractivity (Wildman–Crippen MR) is 99.1 cm³/mol. The zero-order chi connectivity index (χ0) is 19.0. The quantitative estimate of drug-likeness (QED) is 0.436. The van der Waals surface area contributed by atoms with Crippen LogP contribution in [0, 0.1) is 0 Å². The van der Waals surface area contributed by atoms with Crippen LogP contribution in [0.2, 0.25) is 0 Å². The van der Waals surface area contributed by atoms with Crippen molar-refractivity contribution in [2.45, 2.75) is 45.4 Å². The lowest BCUT2D eigenvalue weighted by molar-refractivity contribution is 0.00700. The predicted octanol–water partition coefficient (Wildman–Crippen LogP) is 1.97. The van der Waals surface area contributed by atoms with Crippen molar-refractivity contribution in [2.24, 2.45) is 4.99 Å². The van der Waals surface area contributed by atoms with Gasteiger partial charge in [0.2, 0.25) is 0 Å². The summed E-state index contributed by atoms with van der Waals surface area (Å²) in [4.78, 5) is 17.8. The molecule has 1 aliphatic heterocycles. The number of ether oxygens (including phenoxy) is 2. The Morgan fingerprint density at radius 3 is 2.81 bits per heavy atom. The van der Waals surface area contributed by atoms with Gasteiger partial charge in [-0.25, -0.2) is 4.79 Å². The molecular weight excluding hydrogens is 336 g/mol. The summed E-state index contributed by atoms with van der Waals surface area (Å²) in [5.74, 6) is 1.56. The maximum absolute atomic E-state index is 11.9. The molecule has 0 aromatic carbocycles. The van der Waals surface area contributed by atoms with Crippen LogP contribution >= 0.6 is 0 Å². The number of aliphatic imine (C=N–C) groups is 1. The molecule has 26 heavy (non-hydrogen) atoms. The Labute approximate surface area is 154 Å². The zero-order valence-electron chi connectivity index (χ0n) is 16.1. The van der Waals surface area contributed by atoms with E-state index in [2.05, 4.69) is 15.6 Å². The molecule has 8 heteroatoms. The molecular formula is C18H30N4O4. The van der Waals surface area contributed by atoms with Gasteiger partial charge in [-0.05, 0) is 39.3 Å². The first-order chi connectivity index (χ1) is 12.4. The summed E-state index contributed by atoms with van der Waals surface area (Å²) >= 11 is 0. The summed E-state index contributed by atoms with van der Waals surface area (Å²) < 4.78 is 16.1. The van der Waals surface area contributed by atoms with Gasteiger partial charge in [-0.2, -0.15) is 0 Å². The molecule has 0 radical (unpaired) electrons. The highest BCUT2D eigenvalue weighted by molar-refractivity contribution is 5.80. The Hall–Kier alpha value is -2.22. The molecule has 2 rings (SSSR count). The molecule has 2 heterocycles. The molecule has 2 N–H and O–H groups in total. The van der Waals surface area contributed by atoms with Crippen molar-refractivity contribution in [1.82, 2.24) is 15.5 Å². The van der Waals surface area contributed by atoms with E-state index in [1.54, 1.807) is 18.2 Å². The molecule has 0 unspecified atom stereocenters. The minimum absolute atomic E-state index is 0.184. The molecule has 0 spiro atoms. The second-order valence-electron chi connectivity index (χ2n) is 7.21. The third-order valence-corrected chi connectivity index (χ3v) is 3.68. The second-order valence-corrected chi connectivity index (χ2v) is 7.21. The molecule has 1 aliphatic rings. The van der Waals surface area contributed by atoms with Gasteiger partial charge in [-0.3, -0.25) is 4.99 Å². The van der Waals surface area contributed by atoms with Gasteiger partial charge in [0, 0.05) is 33.3 Å². The monoisotopic (exact) mass is 366 g/mol. The van der Waals surface area contributed by atoms with Crippen LogP contribution in [-0.4, -0.2) is 61.9 Å². The standard InChI is InChI=1S/C18H30N4O4/c1-18(2,3)26-17(23)22-11-14(12-22)21-16(19-4)20-8-6-9-24-13-15-7-5-10-25-15/h5,7,10,14H,6,8-9,11-13H2,1-4H3,(H2,19,20,21). The van der Waals surface area contributed by atoms with Crippen molar-refractivity contribution in [3.05, 3.63) is 24.2 Å². The Bertz CT molecular complexity index is 575. The Balaban J connectivity index is 1.54. The fourth-order valence-electron chi connectivity index (χ4n) is 2.38. The molecule has 146 valence electrons. The van der Waals surface area contributed by atoms with E-state index < -0.39 is 5.60 Å². The molecule has 0 aliphatic carbocycles. The van der Waals surface area contributed by atoms with E-state index >= 15 is 0 Å². The summed E-state index contributed by atoms with van der Waals surface area (Å²) in [5, 5.41) is 6.54. The first kappa shape index (κ1) is 20.1. The fourth-order valence-corrected chi connectivity index (χ4v) is 2.38. The molecule has 1 fully saturated rings. The Kier molecular flexibility index (Phi) is 7.32. The van der Waals surface area contributed by atoms with Gasteiger partial charge in [0.05, 0.1) is 12.3 Å². The van der Waals surface area contributed by atoms with Gasteiger partial charge < -0.3 is 29.4 Å². The number of rotatable bonds is 7. The lowest BCUT2D eigenvalue weighted by Gasteiger charge is -2.40. The maximum Gasteiger partial charge on any atom is 0.410 e. The summed E-state index contributed by atoms with van der Waals surface area (Å²) in [5.41, 5.74) is -0.466. The van der Waals surface area contributed by atoms with Crippen LogP contribution in [0.3, 0.4) is 0 Å². The highest BCUT2D eigenvalue weighted by atomic mass is 16.6. The van der Waals surface area contributed by atoms with Crippen molar-refractivity contribution >= 4 is 12.1 Å². The third kappa shape index (κ3) is 6.95. The number of nitrogens with zero attached hydrogens (tertiary/aromatic N) is 2. The molecule has 0 bridgehead atoms. The number of carbonyl (C=O) groups is 1. The van der Waals surface area contributed by atoms with E-state index in [0.717, 1.165) is 24.7 Å². The van der Waals surface area contributed by atoms with E-state index in [4.69, 9.17) is 13.9 Å². The van der Waals surface area contributed by atoms with Crippen molar-refractivity contribution in [3.8, 4) is 0 Å². The minimum Gasteiger partial charge on any atom is -0.467 e. The summed E-state index contributed by atoms with van der Waals surface area (Å²) in [6.07, 6.45) is 2.23. The number of guanidine groups is 1. The van der Waals surface area contributed by atoms with Gasteiger partial charge >= 0.3 is 6.09 Å². The van der Waals surface area contributed by atoms with Gasteiger partial charge in [-0.1, -0.05) is 0 Å². The number of nitrogens with one attached hydrogen (secondary N) is 2. The van der Waals surface area contributed by atoms with Crippen LogP contribution in [0.4, 0.5) is 4.79 Å². The summed E-state index contributed by atoms with van der Waals surface area (Å²) in [7, 11) is 1.73. The summed E-state index contributed by atoms with van der Waals surface area (Å²) in [6.45, 7) is 8.70. The van der Waals surface area contributed by atoms with Crippen molar-refractivity contribution in [1.29, 1.82) is 0 Å². The minimum atomic E-state index is -0.466. The summed E-state index contributed by atoms with van der Waals surface area (Å²) in [6, 6.07) is 3.92. The van der Waals surface area contributed by atoms with Gasteiger partial charge in [0.1, 0.15) is 18.0 Å². The van der Waals surface area contributed by atoms with Crippen molar-refractivity contribution in [2.75, 3.05) is 33.3 Å². The number of amides is 1. The SMILES string of the molecule is CN=C(NCCCOCc1ccco1)NC1CN(C(=O)OC(C)(C)C)C1. The highest BCUT2D eigenvalue weighted by Gasteiger charge is 2.34. The first-order valence-corrected chi connectivity index (χ1v) is 8.92. The van der Waals surface area contributed by atoms with E-state index in [1.165, 1.54) is 0 Å². The van der Waals surface area contributed by atoms with Gasteiger partial charge in [0.25, 0.3) is 0 Å². The molecule has 1 aromatic rings. The number of furan rings is 1. The lowest BCUT2D eigenvalue weighted by atomic mass is 10.1. The highest BCUT2D eigenvalue weighted by Crippen LogP contribution is 2.15. The van der Waals surface area contributed by atoms with Crippen molar-refractivity contribution in [3.63, 3.8) is 0 Å². The topological polar surface area (TPSA) is 88.3 Å². The first-order valence-electron chi connectivity index (χ1n) is 8.92. The second kappa shape index (κ2) is 9.47. The third-order valence-electron chi connectivity index (χ3n) is 3.68. The average molecular weight is 366 g/mol. The number of hydrogen-bond acceptors (Lipinski definition) is 5. The molecule has 1 saturated heterocycles. The van der Waals surface area contributed by atoms with E-state index in [-0.39, 0.29) is 12.1 Å². The van der Waals surface area contributed by atoms with Gasteiger partial charge in [0.15, 0.2) is 5.96 Å². The molecule has 1 amide bonds. The van der Waals surface area contributed by atoms with Crippen molar-refractivity contribution < 1.29 is 18.7 Å². The van der Waals surface area contributed by atoms with Crippen LogP contribution in [0.5, 0.6) is 0 Å². The van der Waals surface area contributed by atoms with Crippen LogP contribution in [0.25, 0.3) is 0 Å². The van der Waals surface area contributed by atoms with E-state index in [9.17, 15) is 4.79 Å².